The molecule has 0 saturated carbocycles. The van der Waals surface area contributed by atoms with Gasteiger partial charge in [-0.3, -0.25) is 9.20 Å². The van der Waals surface area contributed by atoms with Crippen LogP contribution in [0.25, 0.3) is 17.2 Å². The van der Waals surface area contributed by atoms with Crippen LogP contribution in [0.15, 0.2) is 24.5 Å². The van der Waals surface area contributed by atoms with Crippen LogP contribution in [0.4, 0.5) is 20.4 Å². The van der Waals surface area contributed by atoms with E-state index >= 15 is 4.39 Å². The fourth-order valence-corrected chi connectivity index (χ4v) is 5.70. The predicted molar refractivity (Wildman–Crippen MR) is 156 cm³/mol. The van der Waals surface area contributed by atoms with E-state index in [-0.39, 0.29) is 35.8 Å². The monoisotopic (exact) mass is 580 g/mol. The SMILES string of the molecule is CN(C)CCN(c1nc(-c2cnc3ccc(F)cn23)nc(N2CCCN(C)CC2)c1F)[C@@H]1CCCN(C(=O)CC#N)C1. The zero-order valence-electron chi connectivity index (χ0n) is 24.5. The number of carbonyl (C=O) groups is 1. The lowest BCUT2D eigenvalue weighted by Gasteiger charge is -2.40. The van der Waals surface area contributed by atoms with E-state index in [0.717, 1.165) is 32.4 Å². The fourth-order valence-electron chi connectivity index (χ4n) is 5.70. The molecule has 2 fully saturated rings. The molecule has 0 spiro atoms. The van der Waals surface area contributed by atoms with Crippen LogP contribution in [-0.4, -0.2) is 120 Å². The molecule has 0 bridgehead atoms. The van der Waals surface area contributed by atoms with Crippen LogP contribution in [0.3, 0.4) is 0 Å². The van der Waals surface area contributed by atoms with E-state index in [1.165, 1.54) is 12.3 Å². The number of aromatic nitrogens is 4. The Morgan fingerprint density at radius 1 is 1.10 bits per heavy atom. The van der Waals surface area contributed by atoms with E-state index in [4.69, 9.17) is 15.2 Å². The van der Waals surface area contributed by atoms with E-state index in [2.05, 4.69) is 16.9 Å². The van der Waals surface area contributed by atoms with E-state index in [1.807, 2.05) is 34.9 Å². The third-order valence-electron chi connectivity index (χ3n) is 8.01. The topological polar surface area (TPSA) is 100 Å². The number of hydrogen-bond donors (Lipinski definition) is 0. The summed E-state index contributed by atoms with van der Waals surface area (Å²) in [7, 11) is 5.96. The van der Waals surface area contributed by atoms with Crippen molar-refractivity contribution in [3.8, 4) is 17.6 Å². The van der Waals surface area contributed by atoms with E-state index in [9.17, 15) is 9.18 Å². The molecule has 42 heavy (non-hydrogen) atoms. The number of amides is 1. The van der Waals surface area contributed by atoms with E-state index in [0.29, 0.717) is 50.6 Å². The van der Waals surface area contributed by atoms with Gasteiger partial charge in [-0.05, 0) is 59.1 Å². The molecule has 0 unspecified atom stereocenters. The maximum Gasteiger partial charge on any atom is 0.236 e. The fraction of sp³-hybridized carbons (Fsp3) is 0.552. The number of likely N-dealkylation sites (N-methyl/N-ethyl adjacent to an activating group) is 2. The van der Waals surface area contributed by atoms with Gasteiger partial charge in [-0.1, -0.05) is 0 Å². The van der Waals surface area contributed by atoms with Gasteiger partial charge in [0.2, 0.25) is 11.7 Å². The van der Waals surface area contributed by atoms with Crippen LogP contribution in [0.2, 0.25) is 0 Å². The van der Waals surface area contributed by atoms with Crippen LogP contribution in [-0.2, 0) is 4.79 Å². The molecule has 3 aromatic heterocycles. The highest BCUT2D eigenvalue weighted by atomic mass is 19.1. The van der Waals surface area contributed by atoms with Gasteiger partial charge in [0.25, 0.3) is 0 Å². The standard InChI is InChI=1S/C29H38F2N10O/c1-36(2)14-17-40(22-6-4-12-39(20-22)25(42)9-10-32)29-26(31)28(38-13-5-11-37(3)15-16-38)34-27(35-29)23-18-33-24-8-7-21(30)19-41(23)24/h7-8,18-19,22H,4-6,9,11-17,20H2,1-3H3/t22-/m1/s1. The summed E-state index contributed by atoms with van der Waals surface area (Å²) < 4.78 is 32.6. The second kappa shape index (κ2) is 13.0. The molecule has 0 radical (unpaired) electrons. The first kappa shape index (κ1) is 29.6. The number of halogens is 2. The van der Waals surface area contributed by atoms with Crippen LogP contribution >= 0.6 is 0 Å². The Morgan fingerprint density at radius 3 is 2.71 bits per heavy atom. The number of imidazole rings is 1. The Bertz CT molecular complexity index is 1450. The molecule has 0 N–H and O–H groups in total. The Labute approximate surface area is 245 Å². The summed E-state index contributed by atoms with van der Waals surface area (Å²) in [6.45, 7) is 4.94. The second-order valence-corrected chi connectivity index (χ2v) is 11.3. The number of carbonyl (C=O) groups excluding carboxylic acids is 1. The third-order valence-corrected chi connectivity index (χ3v) is 8.01. The lowest BCUT2D eigenvalue weighted by atomic mass is 10.0. The van der Waals surface area contributed by atoms with Crippen LogP contribution < -0.4 is 9.80 Å². The number of pyridine rings is 1. The number of anilines is 2. The van der Waals surface area contributed by atoms with E-state index in [1.54, 1.807) is 21.6 Å². The highest BCUT2D eigenvalue weighted by Crippen LogP contribution is 2.33. The third kappa shape index (κ3) is 6.44. The molecule has 2 aliphatic heterocycles. The minimum Gasteiger partial charge on any atom is -0.353 e. The number of nitriles is 1. The van der Waals surface area contributed by atoms with Gasteiger partial charge < -0.3 is 24.5 Å². The van der Waals surface area contributed by atoms with Crippen molar-refractivity contribution >= 4 is 23.2 Å². The average Bonchev–Trinajstić information content (AvgIpc) is 3.26. The molecule has 2 saturated heterocycles. The number of piperidine rings is 1. The van der Waals surface area contributed by atoms with Gasteiger partial charge >= 0.3 is 0 Å². The Balaban J connectivity index is 1.63. The summed E-state index contributed by atoms with van der Waals surface area (Å²) in [6.07, 6.45) is 5.06. The van der Waals surface area contributed by atoms with Gasteiger partial charge in [0.15, 0.2) is 17.5 Å². The Morgan fingerprint density at radius 2 is 1.93 bits per heavy atom. The van der Waals surface area contributed by atoms with Crippen molar-refractivity contribution in [2.75, 3.05) is 83.3 Å². The van der Waals surface area contributed by atoms with Crippen LogP contribution in [0.5, 0.6) is 0 Å². The number of nitrogens with zero attached hydrogens (tertiary/aromatic N) is 10. The predicted octanol–water partition coefficient (Wildman–Crippen LogP) is 2.48. The molecule has 13 heteroatoms. The molecule has 0 aromatic carbocycles. The van der Waals surface area contributed by atoms with Gasteiger partial charge in [-0.25, -0.2) is 19.3 Å². The summed E-state index contributed by atoms with van der Waals surface area (Å²) >= 11 is 0. The maximum absolute atomic E-state index is 16.8. The normalized spacial score (nSPS) is 18.4. The molecule has 224 valence electrons. The first-order valence-corrected chi connectivity index (χ1v) is 14.4. The lowest BCUT2D eigenvalue weighted by Crippen LogP contribution is -2.52. The number of fused-ring (bicyclic) bond motifs is 1. The minimum atomic E-state index is -0.512. The van der Waals surface area contributed by atoms with Crippen molar-refractivity contribution in [1.29, 1.82) is 5.26 Å². The summed E-state index contributed by atoms with van der Waals surface area (Å²) in [5.74, 6) is -0.555. The van der Waals surface area contributed by atoms with Gasteiger partial charge in [-0.2, -0.15) is 9.65 Å². The van der Waals surface area contributed by atoms with Crippen molar-refractivity contribution in [3.05, 3.63) is 36.2 Å². The smallest absolute Gasteiger partial charge is 0.236 e. The molecule has 2 aliphatic rings. The summed E-state index contributed by atoms with van der Waals surface area (Å²) in [4.78, 5) is 36.4. The zero-order chi connectivity index (χ0) is 29.8. The molecular formula is C29H38F2N10O. The maximum atomic E-state index is 16.8. The summed E-state index contributed by atoms with van der Waals surface area (Å²) in [6, 6.07) is 4.66. The minimum absolute atomic E-state index is 0.153. The van der Waals surface area contributed by atoms with Gasteiger partial charge in [0, 0.05) is 58.1 Å². The highest BCUT2D eigenvalue weighted by Gasteiger charge is 2.33. The van der Waals surface area contributed by atoms with Crippen molar-refractivity contribution in [1.82, 2.24) is 34.1 Å². The Kier molecular flexibility index (Phi) is 9.13. The second-order valence-electron chi connectivity index (χ2n) is 11.3. The molecule has 1 atom stereocenters. The van der Waals surface area contributed by atoms with Crippen molar-refractivity contribution in [2.45, 2.75) is 31.7 Å². The summed E-state index contributed by atoms with van der Waals surface area (Å²) in [5, 5.41) is 9.09. The van der Waals surface area contributed by atoms with Crippen molar-refractivity contribution in [3.63, 3.8) is 0 Å². The van der Waals surface area contributed by atoms with Gasteiger partial charge in [-0.15, -0.1) is 0 Å². The first-order chi connectivity index (χ1) is 20.2. The molecule has 5 heterocycles. The van der Waals surface area contributed by atoms with Gasteiger partial charge in [0.1, 0.15) is 23.6 Å². The van der Waals surface area contributed by atoms with Gasteiger partial charge in [0.05, 0.1) is 12.3 Å². The first-order valence-electron chi connectivity index (χ1n) is 14.4. The lowest BCUT2D eigenvalue weighted by molar-refractivity contribution is -0.131. The molecule has 11 nitrogen and oxygen atoms in total. The number of rotatable bonds is 8. The largest absolute Gasteiger partial charge is 0.353 e. The molecule has 0 aliphatic carbocycles. The quantitative estimate of drug-likeness (QED) is 0.398. The Hall–Kier alpha value is -3.89. The summed E-state index contributed by atoms with van der Waals surface area (Å²) in [5.41, 5.74) is 0.989. The molecular weight excluding hydrogens is 542 g/mol. The average molecular weight is 581 g/mol. The van der Waals surface area contributed by atoms with Crippen LogP contribution in [0, 0.1) is 23.0 Å². The van der Waals surface area contributed by atoms with Crippen molar-refractivity contribution < 1.29 is 13.6 Å². The molecule has 1 amide bonds. The zero-order valence-corrected chi connectivity index (χ0v) is 24.5. The van der Waals surface area contributed by atoms with Crippen molar-refractivity contribution in [2.24, 2.45) is 0 Å². The number of hydrogen-bond acceptors (Lipinski definition) is 9. The van der Waals surface area contributed by atoms with E-state index < -0.39 is 11.6 Å². The number of likely N-dealkylation sites (tertiary alicyclic amines) is 1. The molecule has 5 rings (SSSR count). The molecule has 3 aromatic rings. The highest BCUT2D eigenvalue weighted by molar-refractivity contribution is 5.78. The van der Waals surface area contributed by atoms with Crippen LogP contribution in [0.1, 0.15) is 25.7 Å².